The van der Waals surface area contributed by atoms with Crippen molar-refractivity contribution in [3.63, 3.8) is 0 Å². The largest absolute Gasteiger partial charge is 0.347 e. The first-order chi connectivity index (χ1) is 9.56. The van der Waals surface area contributed by atoms with E-state index in [4.69, 9.17) is 0 Å². The van der Waals surface area contributed by atoms with Gasteiger partial charge in [0.1, 0.15) is 5.82 Å². The van der Waals surface area contributed by atoms with Gasteiger partial charge in [-0.25, -0.2) is 4.98 Å². The molecule has 0 aliphatic carbocycles. The molecule has 0 radical (unpaired) electrons. The predicted octanol–water partition coefficient (Wildman–Crippen LogP) is 1.52. The van der Waals surface area contributed by atoms with E-state index in [0.717, 1.165) is 0 Å². The minimum Gasteiger partial charge on any atom is -0.347 e. The molecule has 0 spiro atoms. The SMILES string of the molecule is CN(Cc1ncc[nH]1)C(=O)Cc1cccc([N+](=O)[O-])c1. The number of likely N-dealkylation sites (N-methyl/N-ethyl adjacent to an activating group) is 1. The molecule has 2 rings (SSSR count). The van der Waals surface area contributed by atoms with Crippen LogP contribution in [0.4, 0.5) is 5.69 Å². The van der Waals surface area contributed by atoms with Gasteiger partial charge >= 0.3 is 0 Å². The summed E-state index contributed by atoms with van der Waals surface area (Å²) in [6, 6.07) is 6.10. The van der Waals surface area contributed by atoms with Crippen molar-refractivity contribution in [2.24, 2.45) is 0 Å². The maximum absolute atomic E-state index is 12.0. The number of nitrogens with zero attached hydrogens (tertiary/aromatic N) is 3. The van der Waals surface area contributed by atoms with Crippen LogP contribution in [0.25, 0.3) is 0 Å². The van der Waals surface area contributed by atoms with Crippen LogP contribution >= 0.6 is 0 Å². The number of nitrogens with one attached hydrogen (secondary N) is 1. The van der Waals surface area contributed by atoms with Crippen LogP contribution in [0.3, 0.4) is 0 Å². The Labute approximate surface area is 115 Å². The number of aromatic nitrogens is 2. The second kappa shape index (κ2) is 5.96. The smallest absolute Gasteiger partial charge is 0.269 e. The summed E-state index contributed by atoms with van der Waals surface area (Å²) >= 11 is 0. The average Bonchev–Trinajstić information content (AvgIpc) is 2.91. The Hall–Kier alpha value is -2.70. The maximum Gasteiger partial charge on any atom is 0.269 e. The van der Waals surface area contributed by atoms with Gasteiger partial charge in [-0.2, -0.15) is 0 Å². The highest BCUT2D eigenvalue weighted by Gasteiger charge is 2.13. The van der Waals surface area contributed by atoms with Crippen molar-refractivity contribution in [2.45, 2.75) is 13.0 Å². The number of hydrogen-bond donors (Lipinski definition) is 1. The molecule has 0 bridgehead atoms. The second-order valence-electron chi connectivity index (χ2n) is 4.39. The van der Waals surface area contributed by atoms with Gasteiger partial charge in [0.2, 0.25) is 5.91 Å². The number of carbonyl (C=O) groups is 1. The fourth-order valence-corrected chi connectivity index (χ4v) is 1.79. The molecule has 0 aliphatic rings. The number of non-ortho nitro benzene ring substituents is 1. The van der Waals surface area contributed by atoms with Crippen molar-refractivity contribution in [2.75, 3.05) is 7.05 Å². The Bertz CT molecular complexity index is 610. The molecule has 104 valence electrons. The third kappa shape index (κ3) is 3.41. The molecule has 0 fully saturated rings. The lowest BCUT2D eigenvalue weighted by atomic mass is 10.1. The summed E-state index contributed by atoms with van der Waals surface area (Å²) in [5, 5.41) is 10.7. The molecular weight excluding hydrogens is 260 g/mol. The number of benzene rings is 1. The van der Waals surface area contributed by atoms with Crippen molar-refractivity contribution in [1.29, 1.82) is 0 Å². The highest BCUT2D eigenvalue weighted by atomic mass is 16.6. The van der Waals surface area contributed by atoms with E-state index < -0.39 is 4.92 Å². The monoisotopic (exact) mass is 274 g/mol. The number of aromatic amines is 1. The van der Waals surface area contributed by atoms with E-state index >= 15 is 0 Å². The van der Waals surface area contributed by atoms with Crippen LogP contribution in [0.2, 0.25) is 0 Å². The van der Waals surface area contributed by atoms with Gasteiger partial charge in [-0.15, -0.1) is 0 Å². The quantitative estimate of drug-likeness (QED) is 0.661. The standard InChI is InChI=1S/C13H14N4O3/c1-16(9-12-14-5-6-15-12)13(18)8-10-3-2-4-11(7-10)17(19)20/h2-7H,8-9H2,1H3,(H,14,15). The molecule has 1 aromatic heterocycles. The van der Waals surface area contributed by atoms with Gasteiger partial charge in [0.25, 0.3) is 5.69 Å². The van der Waals surface area contributed by atoms with E-state index in [-0.39, 0.29) is 18.0 Å². The summed E-state index contributed by atoms with van der Waals surface area (Å²) in [7, 11) is 1.67. The molecule has 1 N–H and O–H groups in total. The van der Waals surface area contributed by atoms with E-state index in [2.05, 4.69) is 9.97 Å². The molecule has 7 heteroatoms. The maximum atomic E-state index is 12.0. The van der Waals surface area contributed by atoms with Crippen molar-refractivity contribution in [3.05, 3.63) is 58.2 Å². The Morgan fingerprint density at radius 1 is 1.50 bits per heavy atom. The van der Waals surface area contributed by atoms with Crippen LogP contribution in [0.5, 0.6) is 0 Å². The molecule has 0 saturated heterocycles. The molecule has 1 amide bonds. The molecular formula is C13H14N4O3. The van der Waals surface area contributed by atoms with Crippen molar-refractivity contribution in [1.82, 2.24) is 14.9 Å². The summed E-state index contributed by atoms with van der Waals surface area (Å²) in [6.07, 6.45) is 3.43. The average molecular weight is 274 g/mol. The highest BCUT2D eigenvalue weighted by Crippen LogP contribution is 2.14. The summed E-state index contributed by atoms with van der Waals surface area (Å²) < 4.78 is 0. The Balaban J connectivity index is 2.00. The van der Waals surface area contributed by atoms with Crippen molar-refractivity contribution >= 4 is 11.6 Å². The second-order valence-corrected chi connectivity index (χ2v) is 4.39. The lowest BCUT2D eigenvalue weighted by Crippen LogP contribution is -2.28. The lowest BCUT2D eigenvalue weighted by molar-refractivity contribution is -0.384. The van der Waals surface area contributed by atoms with Crippen LogP contribution < -0.4 is 0 Å². The van der Waals surface area contributed by atoms with Gasteiger partial charge in [0.05, 0.1) is 17.9 Å². The third-order valence-corrected chi connectivity index (χ3v) is 2.84. The first kappa shape index (κ1) is 13.7. The van der Waals surface area contributed by atoms with E-state index in [1.807, 2.05) is 0 Å². The van der Waals surface area contributed by atoms with Crippen LogP contribution in [-0.2, 0) is 17.8 Å². The summed E-state index contributed by atoms with van der Waals surface area (Å²) in [4.78, 5) is 30.7. The van der Waals surface area contributed by atoms with Crippen molar-refractivity contribution in [3.8, 4) is 0 Å². The minimum atomic E-state index is -0.472. The molecule has 0 unspecified atom stereocenters. The van der Waals surface area contributed by atoms with Crippen LogP contribution in [0.1, 0.15) is 11.4 Å². The van der Waals surface area contributed by atoms with Gasteiger partial charge < -0.3 is 9.88 Å². The molecule has 1 aromatic carbocycles. The zero-order valence-corrected chi connectivity index (χ0v) is 10.9. The zero-order chi connectivity index (χ0) is 14.5. The van der Waals surface area contributed by atoms with Crippen LogP contribution in [0.15, 0.2) is 36.7 Å². The molecule has 0 saturated carbocycles. The zero-order valence-electron chi connectivity index (χ0n) is 10.9. The lowest BCUT2D eigenvalue weighted by Gasteiger charge is -2.15. The molecule has 20 heavy (non-hydrogen) atoms. The molecule has 7 nitrogen and oxygen atoms in total. The minimum absolute atomic E-state index is 0.0102. The fourth-order valence-electron chi connectivity index (χ4n) is 1.79. The Morgan fingerprint density at radius 3 is 2.95 bits per heavy atom. The number of rotatable bonds is 5. The van der Waals surface area contributed by atoms with Crippen molar-refractivity contribution < 1.29 is 9.72 Å². The molecule has 1 heterocycles. The third-order valence-electron chi connectivity index (χ3n) is 2.84. The van der Waals surface area contributed by atoms with Gasteiger partial charge in [0.15, 0.2) is 0 Å². The first-order valence-electron chi connectivity index (χ1n) is 6.02. The number of carbonyl (C=O) groups excluding carboxylic acids is 1. The summed E-state index contributed by atoms with van der Waals surface area (Å²) in [6.45, 7) is 0.376. The summed E-state index contributed by atoms with van der Waals surface area (Å²) in [5.41, 5.74) is 0.611. The Morgan fingerprint density at radius 2 is 2.30 bits per heavy atom. The summed E-state index contributed by atoms with van der Waals surface area (Å²) in [5.74, 6) is 0.571. The Kier molecular flexibility index (Phi) is 4.09. The van der Waals surface area contributed by atoms with Crippen LogP contribution in [-0.4, -0.2) is 32.7 Å². The van der Waals surface area contributed by atoms with Crippen LogP contribution in [0, 0.1) is 10.1 Å². The van der Waals surface area contributed by atoms with Gasteiger partial charge in [0, 0.05) is 31.6 Å². The fraction of sp³-hybridized carbons (Fsp3) is 0.231. The normalized spacial score (nSPS) is 10.2. The van der Waals surface area contributed by atoms with E-state index in [0.29, 0.717) is 17.9 Å². The first-order valence-corrected chi connectivity index (χ1v) is 6.02. The van der Waals surface area contributed by atoms with Gasteiger partial charge in [-0.1, -0.05) is 12.1 Å². The van der Waals surface area contributed by atoms with E-state index in [1.54, 1.807) is 31.6 Å². The number of hydrogen-bond acceptors (Lipinski definition) is 4. The van der Waals surface area contributed by atoms with E-state index in [9.17, 15) is 14.9 Å². The highest BCUT2D eigenvalue weighted by molar-refractivity contribution is 5.78. The molecule has 2 aromatic rings. The topological polar surface area (TPSA) is 92.1 Å². The predicted molar refractivity (Wildman–Crippen MR) is 71.9 cm³/mol. The number of nitro groups is 1. The molecule has 0 atom stereocenters. The van der Waals surface area contributed by atoms with Gasteiger partial charge in [-0.3, -0.25) is 14.9 Å². The number of nitro benzene ring substituents is 1. The number of H-pyrrole nitrogens is 1. The number of amides is 1. The van der Waals surface area contributed by atoms with E-state index in [1.165, 1.54) is 17.0 Å². The number of imidazole rings is 1. The van der Waals surface area contributed by atoms with Gasteiger partial charge in [-0.05, 0) is 5.56 Å². The molecule has 0 aliphatic heterocycles.